The number of hydrogen-bond donors (Lipinski definition) is 2. The molecule has 19 heavy (non-hydrogen) atoms. The smallest absolute Gasteiger partial charge is 0.311 e. The van der Waals surface area contributed by atoms with Crippen LogP contribution in [0.3, 0.4) is 0 Å². The summed E-state index contributed by atoms with van der Waals surface area (Å²) in [6.07, 6.45) is 0.561. The summed E-state index contributed by atoms with van der Waals surface area (Å²) in [6, 6.07) is -0.143. The minimum Gasteiger partial charge on any atom is -0.481 e. The highest BCUT2D eigenvalue weighted by Crippen LogP contribution is 2.38. The van der Waals surface area contributed by atoms with Gasteiger partial charge in [-0.2, -0.15) is 11.8 Å². The number of carbonyl (C=O) groups excluding carboxylic acids is 1. The van der Waals surface area contributed by atoms with Crippen molar-refractivity contribution >= 4 is 23.6 Å². The third-order valence-electron chi connectivity index (χ3n) is 4.36. The van der Waals surface area contributed by atoms with Gasteiger partial charge in [0.05, 0.1) is 11.5 Å². The second-order valence-electron chi connectivity index (χ2n) is 5.71. The van der Waals surface area contributed by atoms with E-state index in [1.807, 2.05) is 13.8 Å². The van der Waals surface area contributed by atoms with Crippen LogP contribution in [0.2, 0.25) is 0 Å². The number of aliphatic carboxylic acids is 1. The fraction of sp³-hybridized carbons (Fsp3) is 0.846. The molecule has 0 saturated carbocycles. The van der Waals surface area contributed by atoms with Gasteiger partial charge in [0.25, 0.3) is 0 Å². The number of carboxylic acid groups (broad SMARTS) is 1. The Bertz CT molecular complexity index is 369. The number of carboxylic acids is 1. The lowest BCUT2D eigenvalue weighted by Crippen LogP contribution is -2.51. The largest absolute Gasteiger partial charge is 0.481 e. The number of nitrogens with one attached hydrogen (secondary N) is 1. The van der Waals surface area contributed by atoms with Crippen LogP contribution in [0.1, 0.15) is 20.3 Å². The summed E-state index contributed by atoms with van der Waals surface area (Å²) in [6.45, 7) is 5.62. The Morgan fingerprint density at radius 3 is 2.68 bits per heavy atom. The van der Waals surface area contributed by atoms with E-state index >= 15 is 0 Å². The molecule has 0 spiro atoms. The van der Waals surface area contributed by atoms with Gasteiger partial charge in [0, 0.05) is 31.1 Å². The minimum absolute atomic E-state index is 0.0384. The molecule has 2 rings (SSSR count). The molecule has 2 aliphatic heterocycles. The Morgan fingerprint density at radius 1 is 1.47 bits per heavy atom. The third kappa shape index (κ3) is 2.74. The molecule has 2 aliphatic rings. The van der Waals surface area contributed by atoms with Gasteiger partial charge in [-0.05, 0) is 12.3 Å². The summed E-state index contributed by atoms with van der Waals surface area (Å²) >= 11 is 1.78. The molecule has 0 aromatic carbocycles. The lowest BCUT2D eigenvalue weighted by atomic mass is 9.76. The third-order valence-corrected chi connectivity index (χ3v) is 5.43. The van der Waals surface area contributed by atoms with E-state index < -0.39 is 11.4 Å². The lowest BCUT2D eigenvalue weighted by Gasteiger charge is -2.30. The molecule has 2 atom stereocenters. The van der Waals surface area contributed by atoms with Crippen molar-refractivity contribution < 1.29 is 14.7 Å². The van der Waals surface area contributed by atoms with Crippen LogP contribution in [-0.4, -0.2) is 59.1 Å². The molecular weight excluding hydrogens is 264 g/mol. The van der Waals surface area contributed by atoms with Crippen molar-refractivity contribution in [2.75, 3.05) is 31.1 Å². The molecule has 0 aromatic rings. The Kier molecular flexibility index (Phi) is 4.40. The first-order valence-electron chi connectivity index (χ1n) is 6.80. The highest BCUT2D eigenvalue weighted by Gasteiger charge is 2.49. The lowest BCUT2D eigenvalue weighted by molar-refractivity contribution is -0.151. The van der Waals surface area contributed by atoms with Crippen molar-refractivity contribution in [3.8, 4) is 0 Å². The van der Waals surface area contributed by atoms with Crippen LogP contribution in [0.4, 0.5) is 0 Å². The number of likely N-dealkylation sites (tertiary alicyclic amines) is 1. The van der Waals surface area contributed by atoms with Crippen molar-refractivity contribution in [2.24, 2.45) is 11.3 Å². The predicted molar refractivity (Wildman–Crippen MR) is 75.2 cm³/mol. The second-order valence-corrected chi connectivity index (χ2v) is 6.86. The van der Waals surface area contributed by atoms with Crippen LogP contribution in [0.25, 0.3) is 0 Å². The molecule has 2 unspecified atom stereocenters. The number of thioether (sulfide) groups is 1. The summed E-state index contributed by atoms with van der Waals surface area (Å²) in [4.78, 5) is 25.7. The Balaban J connectivity index is 2.04. The monoisotopic (exact) mass is 286 g/mol. The van der Waals surface area contributed by atoms with Gasteiger partial charge >= 0.3 is 5.97 Å². The first-order valence-corrected chi connectivity index (χ1v) is 7.96. The van der Waals surface area contributed by atoms with Gasteiger partial charge in [-0.3, -0.25) is 9.59 Å². The molecular formula is C13H22N2O3S. The summed E-state index contributed by atoms with van der Waals surface area (Å²) in [7, 11) is 0. The fourth-order valence-electron chi connectivity index (χ4n) is 2.86. The average Bonchev–Trinajstić information content (AvgIpc) is 2.85. The van der Waals surface area contributed by atoms with Crippen LogP contribution in [0.5, 0.6) is 0 Å². The molecule has 0 radical (unpaired) electrons. The average molecular weight is 286 g/mol. The van der Waals surface area contributed by atoms with E-state index in [1.165, 1.54) is 0 Å². The number of rotatable bonds is 3. The van der Waals surface area contributed by atoms with E-state index in [0.29, 0.717) is 19.5 Å². The molecule has 0 bridgehead atoms. The van der Waals surface area contributed by atoms with Crippen LogP contribution in [0.15, 0.2) is 0 Å². The standard InChI is InChI=1S/C13H22N2O3S/c1-9(2)13(12(17)18)3-5-15(8-13)11(16)10-7-19-6-4-14-10/h9-10,14H,3-8H2,1-2H3,(H,17,18). The van der Waals surface area contributed by atoms with Crippen LogP contribution in [-0.2, 0) is 9.59 Å². The highest BCUT2D eigenvalue weighted by molar-refractivity contribution is 7.99. The van der Waals surface area contributed by atoms with Crippen LogP contribution < -0.4 is 5.32 Å². The molecule has 2 saturated heterocycles. The predicted octanol–water partition coefficient (Wildman–Crippen LogP) is 0.651. The van der Waals surface area contributed by atoms with E-state index in [0.717, 1.165) is 18.1 Å². The first kappa shape index (κ1) is 14.7. The van der Waals surface area contributed by atoms with Crippen molar-refractivity contribution in [2.45, 2.75) is 26.3 Å². The number of nitrogens with zero attached hydrogens (tertiary/aromatic N) is 1. The summed E-state index contributed by atoms with van der Waals surface area (Å²) in [5, 5.41) is 12.7. The normalized spacial score (nSPS) is 31.7. The Labute approximate surface area is 118 Å². The zero-order valence-electron chi connectivity index (χ0n) is 11.5. The summed E-state index contributed by atoms with van der Waals surface area (Å²) in [5.74, 6) is 1.16. The molecule has 6 heteroatoms. The molecule has 0 aromatic heterocycles. The molecule has 2 heterocycles. The van der Waals surface area contributed by atoms with E-state index in [1.54, 1.807) is 16.7 Å². The number of hydrogen-bond acceptors (Lipinski definition) is 4. The van der Waals surface area contributed by atoms with E-state index in [-0.39, 0.29) is 17.9 Å². The van der Waals surface area contributed by atoms with Crippen molar-refractivity contribution in [1.29, 1.82) is 0 Å². The number of carbonyl (C=O) groups is 2. The van der Waals surface area contributed by atoms with Gasteiger partial charge in [0.1, 0.15) is 0 Å². The number of amides is 1. The van der Waals surface area contributed by atoms with Gasteiger partial charge in [0.2, 0.25) is 5.91 Å². The van der Waals surface area contributed by atoms with E-state index in [9.17, 15) is 14.7 Å². The maximum atomic E-state index is 12.4. The highest BCUT2D eigenvalue weighted by atomic mass is 32.2. The first-order chi connectivity index (χ1) is 8.97. The topological polar surface area (TPSA) is 69.6 Å². The van der Waals surface area contributed by atoms with Gasteiger partial charge in [0.15, 0.2) is 0 Å². The molecule has 2 N–H and O–H groups in total. The zero-order chi connectivity index (χ0) is 14.0. The van der Waals surface area contributed by atoms with Crippen molar-refractivity contribution in [1.82, 2.24) is 10.2 Å². The van der Waals surface area contributed by atoms with E-state index in [2.05, 4.69) is 5.32 Å². The zero-order valence-corrected chi connectivity index (χ0v) is 12.3. The molecule has 1 amide bonds. The molecule has 108 valence electrons. The molecule has 5 nitrogen and oxygen atoms in total. The van der Waals surface area contributed by atoms with Crippen molar-refractivity contribution in [3.63, 3.8) is 0 Å². The Morgan fingerprint density at radius 2 is 2.21 bits per heavy atom. The summed E-state index contributed by atoms with van der Waals surface area (Å²) < 4.78 is 0. The molecule has 2 fully saturated rings. The maximum absolute atomic E-state index is 12.4. The minimum atomic E-state index is -0.774. The van der Waals surface area contributed by atoms with E-state index in [4.69, 9.17) is 0 Å². The van der Waals surface area contributed by atoms with Crippen molar-refractivity contribution in [3.05, 3.63) is 0 Å². The Hall–Kier alpha value is -0.750. The molecule has 0 aliphatic carbocycles. The van der Waals surface area contributed by atoms with Gasteiger partial charge in [-0.1, -0.05) is 13.8 Å². The van der Waals surface area contributed by atoms with Gasteiger partial charge < -0.3 is 15.3 Å². The second kappa shape index (κ2) is 5.71. The maximum Gasteiger partial charge on any atom is 0.311 e. The van der Waals surface area contributed by atoms with Crippen LogP contribution in [0, 0.1) is 11.3 Å². The SMILES string of the molecule is CC(C)C1(C(=O)O)CCN(C(=O)C2CSCCN2)C1. The van der Waals surface area contributed by atoms with Gasteiger partial charge in [-0.15, -0.1) is 0 Å². The quantitative estimate of drug-likeness (QED) is 0.797. The fourth-order valence-corrected chi connectivity index (χ4v) is 3.78. The van der Waals surface area contributed by atoms with Crippen LogP contribution >= 0.6 is 11.8 Å². The summed E-state index contributed by atoms with van der Waals surface area (Å²) in [5.41, 5.74) is -0.766. The van der Waals surface area contributed by atoms with Gasteiger partial charge in [-0.25, -0.2) is 0 Å².